The van der Waals surface area contributed by atoms with E-state index >= 15 is 0 Å². The number of nitrogens with one attached hydrogen (secondary N) is 1. The molecular formula is C15H16Cl2N2O2. The van der Waals surface area contributed by atoms with Crippen LogP contribution < -0.4 is 10.1 Å². The quantitative estimate of drug-likeness (QED) is 0.936. The van der Waals surface area contributed by atoms with Crippen molar-refractivity contribution in [3.8, 4) is 5.75 Å². The molecule has 2 rings (SSSR count). The van der Waals surface area contributed by atoms with E-state index in [1.54, 1.807) is 31.5 Å². The Balaban J connectivity index is 0.00000220. The molecule has 0 aliphatic heterocycles. The Hall–Kier alpha value is -1.78. The lowest BCUT2D eigenvalue weighted by Gasteiger charge is -2.12. The monoisotopic (exact) mass is 326 g/mol. The average molecular weight is 327 g/mol. The summed E-state index contributed by atoms with van der Waals surface area (Å²) in [4.78, 5) is 15.9. The summed E-state index contributed by atoms with van der Waals surface area (Å²) in [6.07, 6.45) is 3.15. The molecule has 0 saturated carbocycles. The summed E-state index contributed by atoms with van der Waals surface area (Å²) in [7, 11) is 1.59. The number of carbonyl (C=O) groups excluding carboxylic acids is 1. The summed E-state index contributed by atoms with van der Waals surface area (Å²) in [5.74, 6) is 0.523. The van der Waals surface area contributed by atoms with Crippen molar-refractivity contribution in [2.24, 2.45) is 0 Å². The summed E-state index contributed by atoms with van der Waals surface area (Å²) in [6.45, 7) is 2.25. The number of pyridine rings is 1. The molecule has 0 spiro atoms. The molecule has 1 heterocycles. The first-order chi connectivity index (χ1) is 9.61. The Labute approximate surface area is 134 Å². The number of hydrogen-bond donors (Lipinski definition) is 1. The third-order valence-corrected chi connectivity index (χ3v) is 3.33. The second-order valence-electron chi connectivity index (χ2n) is 4.34. The van der Waals surface area contributed by atoms with Crippen LogP contribution in [0.1, 0.15) is 21.5 Å². The van der Waals surface area contributed by atoms with E-state index in [9.17, 15) is 4.79 Å². The van der Waals surface area contributed by atoms with Gasteiger partial charge in [-0.2, -0.15) is 0 Å². The molecule has 0 fully saturated rings. The van der Waals surface area contributed by atoms with Gasteiger partial charge in [-0.3, -0.25) is 9.78 Å². The van der Waals surface area contributed by atoms with Crippen LogP contribution in [0.25, 0.3) is 0 Å². The number of amides is 1. The largest absolute Gasteiger partial charge is 0.496 e. The minimum absolute atomic E-state index is 0. The number of nitrogens with zero attached hydrogens (tertiary/aromatic N) is 1. The van der Waals surface area contributed by atoms with E-state index in [-0.39, 0.29) is 18.3 Å². The summed E-state index contributed by atoms with van der Waals surface area (Å²) < 4.78 is 5.30. The van der Waals surface area contributed by atoms with E-state index < -0.39 is 0 Å². The van der Waals surface area contributed by atoms with Crippen LogP contribution in [0.4, 0.5) is 0 Å². The van der Waals surface area contributed by atoms with Gasteiger partial charge in [0, 0.05) is 29.5 Å². The number of rotatable bonds is 4. The van der Waals surface area contributed by atoms with Crippen molar-refractivity contribution in [3.63, 3.8) is 0 Å². The lowest BCUT2D eigenvalue weighted by Crippen LogP contribution is -2.23. The highest BCUT2D eigenvalue weighted by molar-refractivity contribution is 6.31. The number of ether oxygens (including phenoxy) is 1. The summed E-state index contributed by atoms with van der Waals surface area (Å²) >= 11 is 6.10. The van der Waals surface area contributed by atoms with Crippen LogP contribution in [0.5, 0.6) is 5.75 Å². The normalized spacial score (nSPS) is 9.67. The van der Waals surface area contributed by atoms with Crippen LogP contribution in [-0.2, 0) is 6.54 Å². The van der Waals surface area contributed by atoms with E-state index in [1.165, 1.54) is 6.20 Å². The Morgan fingerprint density at radius 1 is 1.43 bits per heavy atom. The maximum atomic E-state index is 11.9. The molecule has 1 aromatic carbocycles. The summed E-state index contributed by atoms with van der Waals surface area (Å²) in [6, 6.07) is 7.09. The lowest BCUT2D eigenvalue weighted by molar-refractivity contribution is 0.0950. The second-order valence-corrected chi connectivity index (χ2v) is 4.74. The zero-order valence-corrected chi connectivity index (χ0v) is 13.3. The molecule has 1 amide bonds. The fourth-order valence-corrected chi connectivity index (χ4v) is 1.99. The van der Waals surface area contributed by atoms with E-state index in [0.717, 1.165) is 11.1 Å². The second kappa shape index (κ2) is 7.86. The third kappa shape index (κ3) is 4.34. The van der Waals surface area contributed by atoms with Crippen molar-refractivity contribution in [3.05, 3.63) is 58.4 Å². The first-order valence-corrected chi connectivity index (χ1v) is 6.51. The standard InChI is InChI=1S/C15H15ClN2O2.ClH/c1-10-6-14(20-2)12(7-13(10)16)9-18-15(19)11-4-3-5-17-8-11;/h3-8H,9H2,1-2H3,(H,18,19);1H. The number of carbonyl (C=O) groups is 1. The number of methoxy groups -OCH3 is 1. The van der Waals surface area contributed by atoms with Gasteiger partial charge in [0.15, 0.2) is 0 Å². The van der Waals surface area contributed by atoms with Crippen LogP contribution in [-0.4, -0.2) is 18.0 Å². The minimum Gasteiger partial charge on any atom is -0.496 e. The van der Waals surface area contributed by atoms with Crippen molar-refractivity contribution < 1.29 is 9.53 Å². The molecule has 0 aliphatic carbocycles. The predicted octanol–water partition coefficient (Wildman–Crippen LogP) is 3.40. The highest BCUT2D eigenvalue weighted by atomic mass is 35.5. The van der Waals surface area contributed by atoms with Crippen molar-refractivity contribution in [1.82, 2.24) is 10.3 Å². The molecule has 1 aromatic heterocycles. The molecule has 6 heteroatoms. The molecule has 112 valence electrons. The highest BCUT2D eigenvalue weighted by Crippen LogP contribution is 2.26. The van der Waals surface area contributed by atoms with E-state index in [1.807, 2.05) is 13.0 Å². The van der Waals surface area contributed by atoms with Crippen molar-refractivity contribution in [2.75, 3.05) is 7.11 Å². The fourth-order valence-electron chi connectivity index (χ4n) is 1.80. The van der Waals surface area contributed by atoms with Gasteiger partial charge in [-0.05, 0) is 36.8 Å². The molecule has 21 heavy (non-hydrogen) atoms. The van der Waals surface area contributed by atoms with Gasteiger partial charge >= 0.3 is 0 Å². The molecule has 1 N–H and O–H groups in total. The highest BCUT2D eigenvalue weighted by Gasteiger charge is 2.10. The Kier molecular flexibility index (Phi) is 6.46. The minimum atomic E-state index is -0.183. The molecule has 0 bridgehead atoms. The molecule has 0 aliphatic rings. The first-order valence-electron chi connectivity index (χ1n) is 6.13. The predicted molar refractivity (Wildman–Crippen MR) is 85.4 cm³/mol. The van der Waals surface area contributed by atoms with Gasteiger partial charge < -0.3 is 10.1 Å². The van der Waals surface area contributed by atoms with Gasteiger partial charge in [-0.25, -0.2) is 0 Å². The first kappa shape index (κ1) is 17.3. The molecule has 2 aromatic rings. The fraction of sp³-hybridized carbons (Fsp3) is 0.200. The molecule has 0 saturated heterocycles. The Morgan fingerprint density at radius 2 is 2.19 bits per heavy atom. The molecule has 0 unspecified atom stereocenters. The van der Waals surface area contributed by atoms with Crippen molar-refractivity contribution in [1.29, 1.82) is 0 Å². The number of hydrogen-bond acceptors (Lipinski definition) is 3. The number of halogens is 2. The van der Waals surface area contributed by atoms with E-state index in [4.69, 9.17) is 16.3 Å². The lowest BCUT2D eigenvalue weighted by atomic mass is 10.1. The average Bonchev–Trinajstić information content (AvgIpc) is 2.48. The SMILES string of the molecule is COc1cc(C)c(Cl)cc1CNC(=O)c1cccnc1.Cl. The van der Waals surface area contributed by atoms with Crippen LogP contribution >= 0.6 is 24.0 Å². The van der Waals surface area contributed by atoms with Crippen LogP contribution in [0.15, 0.2) is 36.7 Å². The third-order valence-electron chi connectivity index (χ3n) is 2.92. The van der Waals surface area contributed by atoms with Gasteiger partial charge in [0.25, 0.3) is 5.91 Å². The van der Waals surface area contributed by atoms with Crippen molar-refractivity contribution >= 4 is 29.9 Å². The van der Waals surface area contributed by atoms with E-state index in [2.05, 4.69) is 10.3 Å². The van der Waals surface area contributed by atoms with E-state index in [0.29, 0.717) is 22.9 Å². The van der Waals surface area contributed by atoms with Gasteiger partial charge in [0.05, 0.1) is 12.7 Å². The molecular weight excluding hydrogens is 311 g/mol. The molecule has 4 nitrogen and oxygen atoms in total. The maximum absolute atomic E-state index is 11.9. The summed E-state index contributed by atoms with van der Waals surface area (Å²) in [5, 5.41) is 3.47. The van der Waals surface area contributed by atoms with Crippen LogP contribution in [0.3, 0.4) is 0 Å². The van der Waals surface area contributed by atoms with Crippen LogP contribution in [0, 0.1) is 6.92 Å². The van der Waals surface area contributed by atoms with Gasteiger partial charge in [-0.1, -0.05) is 11.6 Å². The molecule has 0 radical (unpaired) electrons. The Morgan fingerprint density at radius 3 is 2.81 bits per heavy atom. The smallest absolute Gasteiger partial charge is 0.253 e. The number of aryl methyl sites for hydroxylation is 1. The molecule has 0 atom stereocenters. The summed E-state index contributed by atoms with van der Waals surface area (Å²) in [5.41, 5.74) is 2.29. The maximum Gasteiger partial charge on any atom is 0.253 e. The number of aromatic nitrogens is 1. The zero-order chi connectivity index (χ0) is 14.5. The van der Waals surface area contributed by atoms with Gasteiger partial charge in [-0.15, -0.1) is 12.4 Å². The van der Waals surface area contributed by atoms with Gasteiger partial charge in [0.1, 0.15) is 5.75 Å². The Bertz CT molecular complexity index is 619. The van der Waals surface area contributed by atoms with Gasteiger partial charge in [0.2, 0.25) is 0 Å². The zero-order valence-electron chi connectivity index (χ0n) is 11.7. The topological polar surface area (TPSA) is 51.2 Å². The van der Waals surface area contributed by atoms with Crippen LogP contribution in [0.2, 0.25) is 5.02 Å². The van der Waals surface area contributed by atoms with Crippen molar-refractivity contribution in [2.45, 2.75) is 13.5 Å². The number of benzene rings is 1.